The largest absolute Gasteiger partial charge is 0.462 e. The van der Waals surface area contributed by atoms with Crippen molar-refractivity contribution in [1.82, 2.24) is 0 Å². The summed E-state index contributed by atoms with van der Waals surface area (Å²) in [7, 11) is 0. The van der Waals surface area contributed by atoms with Gasteiger partial charge in [0.1, 0.15) is 0 Å². The van der Waals surface area contributed by atoms with Crippen molar-refractivity contribution in [3.8, 4) is 0 Å². The molecule has 20 heavy (non-hydrogen) atoms. The fraction of sp³-hybridized carbons (Fsp3) is 0.562. The Morgan fingerprint density at radius 1 is 1.45 bits per heavy atom. The lowest BCUT2D eigenvalue weighted by molar-refractivity contribution is 0.0526. The first-order valence-corrected chi connectivity index (χ1v) is 8.12. The van der Waals surface area contributed by atoms with Crippen LogP contribution in [0.1, 0.15) is 49.9 Å². The first-order chi connectivity index (χ1) is 9.60. The van der Waals surface area contributed by atoms with E-state index in [9.17, 15) is 4.79 Å². The molecule has 2 rings (SSSR count). The SMILES string of the molecule is CCOC(=O)c1ccc(NC2CCCC(C)C2)c(Br)c1. The molecule has 0 aliphatic heterocycles. The molecule has 1 aliphatic carbocycles. The summed E-state index contributed by atoms with van der Waals surface area (Å²) < 4.78 is 5.92. The van der Waals surface area contributed by atoms with Crippen LogP contribution in [0, 0.1) is 5.92 Å². The average molecular weight is 340 g/mol. The topological polar surface area (TPSA) is 38.3 Å². The van der Waals surface area contributed by atoms with E-state index in [1.807, 2.05) is 25.1 Å². The van der Waals surface area contributed by atoms with Crippen molar-refractivity contribution in [3.63, 3.8) is 0 Å². The maximum atomic E-state index is 11.7. The van der Waals surface area contributed by atoms with Crippen molar-refractivity contribution in [2.45, 2.75) is 45.6 Å². The third-order valence-corrected chi connectivity index (χ3v) is 4.43. The molecule has 1 aromatic carbocycles. The molecule has 1 saturated carbocycles. The van der Waals surface area contributed by atoms with E-state index in [-0.39, 0.29) is 5.97 Å². The van der Waals surface area contributed by atoms with Crippen molar-refractivity contribution in [1.29, 1.82) is 0 Å². The molecule has 0 bridgehead atoms. The maximum Gasteiger partial charge on any atom is 0.338 e. The number of esters is 1. The number of carbonyl (C=O) groups excluding carboxylic acids is 1. The van der Waals surface area contributed by atoms with Gasteiger partial charge in [0.05, 0.1) is 12.2 Å². The molecule has 1 aliphatic rings. The number of rotatable bonds is 4. The van der Waals surface area contributed by atoms with Gasteiger partial charge in [0, 0.05) is 16.2 Å². The molecule has 1 aromatic rings. The standard InChI is InChI=1S/C16H22BrNO2/c1-3-20-16(19)12-7-8-15(14(17)10-12)18-13-6-4-5-11(2)9-13/h7-8,10-11,13,18H,3-6,9H2,1-2H3. The molecular formula is C16H22BrNO2. The van der Waals surface area contributed by atoms with Crippen LogP contribution in [0.4, 0.5) is 5.69 Å². The Kier molecular flexibility index (Phi) is 5.46. The molecule has 0 spiro atoms. The summed E-state index contributed by atoms with van der Waals surface area (Å²) in [5.41, 5.74) is 1.64. The third-order valence-electron chi connectivity index (χ3n) is 3.78. The van der Waals surface area contributed by atoms with E-state index < -0.39 is 0 Å². The first-order valence-electron chi connectivity index (χ1n) is 7.33. The molecule has 2 unspecified atom stereocenters. The minimum Gasteiger partial charge on any atom is -0.462 e. The quantitative estimate of drug-likeness (QED) is 0.813. The number of ether oxygens (including phenoxy) is 1. The lowest BCUT2D eigenvalue weighted by Gasteiger charge is -2.28. The number of hydrogen-bond acceptors (Lipinski definition) is 3. The molecule has 4 heteroatoms. The van der Waals surface area contributed by atoms with Crippen molar-refractivity contribution < 1.29 is 9.53 Å². The highest BCUT2D eigenvalue weighted by Crippen LogP contribution is 2.30. The van der Waals surface area contributed by atoms with Crippen LogP contribution in [-0.4, -0.2) is 18.6 Å². The Morgan fingerprint density at radius 3 is 2.90 bits per heavy atom. The van der Waals surface area contributed by atoms with Gasteiger partial charge in [-0.2, -0.15) is 0 Å². The minimum atomic E-state index is -0.272. The zero-order chi connectivity index (χ0) is 14.5. The van der Waals surface area contributed by atoms with E-state index in [4.69, 9.17) is 4.74 Å². The van der Waals surface area contributed by atoms with Gasteiger partial charge in [0.2, 0.25) is 0 Å². The molecule has 0 aromatic heterocycles. The highest BCUT2D eigenvalue weighted by atomic mass is 79.9. The predicted octanol–water partition coefficient (Wildman–Crippen LogP) is 4.62. The molecule has 0 radical (unpaired) electrons. The molecule has 3 nitrogen and oxygen atoms in total. The molecule has 0 heterocycles. The monoisotopic (exact) mass is 339 g/mol. The van der Waals surface area contributed by atoms with Crippen LogP contribution in [0.15, 0.2) is 22.7 Å². The molecule has 0 saturated heterocycles. The zero-order valence-corrected chi connectivity index (χ0v) is 13.7. The Hall–Kier alpha value is -1.03. The van der Waals surface area contributed by atoms with Crippen LogP contribution in [-0.2, 0) is 4.74 Å². The molecule has 110 valence electrons. The van der Waals surface area contributed by atoms with Crippen LogP contribution in [0.3, 0.4) is 0 Å². The maximum absolute atomic E-state index is 11.7. The number of nitrogens with one attached hydrogen (secondary N) is 1. The Labute approximate surface area is 129 Å². The number of carbonyl (C=O) groups is 1. The van der Waals surface area contributed by atoms with Gasteiger partial charge in [-0.15, -0.1) is 0 Å². The number of anilines is 1. The van der Waals surface area contributed by atoms with Crippen LogP contribution in [0.5, 0.6) is 0 Å². The van der Waals surface area contributed by atoms with Crippen LogP contribution in [0.2, 0.25) is 0 Å². The van der Waals surface area contributed by atoms with Crippen LogP contribution in [0.25, 0.3) is 0 Å². The zero-order valence-electron chi connectivity index (χ0n) is 12.1. The molecule has 1 fully saturated rings. The second-order valence-corrected chi connectivity index (χ2v) is 6.38. The third kappa shape index (κ3) is 3.98. The van der Waals surface area contributed by atoms with Crippen molar-refractivity contribution >= 4 is 27.6 Å². The summed E-state index contributed by atoms with van der Waals surface area (Å²) >= 11 is 3.54. The normalized spacial score (nSPS) is 22.4. The summed E-state index contributed by atoms with van der Waals surface area (Å²) in [6.07, 6.45) is 5.06. The molecular weight excluding hydrogens is 318 g/mol. The Balaban J connectivity index is 2.04. The summed E-state index contributed by atoms with van der Waals surface area (Å²) in [6, 6.07) is 6.13. The number of benzene rings is 1. The molecule has 0 amide bonds. The van der Waals surface area contributed by atoms with E-state index in [0.717, 1.165) is 16.1 Å². The fourth-order valence-corrected chi connectivity index (χ4v) is 3.25. The van der Waals surface area contributed by atoms with Gasteiger partial charge in [-0.05, 0) is 59.8 Å². The van der Waals surface area contributed by atoms with Crippen molar-refractivity contribution in [2.24, 2.45) is 5.92 Å². The Morgan fingerprint density at radius 2 is 2.25 bits per heavy atom. The van der Waals surface area contributed by atoms with Gasteiger partial charge in [-0.1, -0.05) is 19.8 Å². The lowest BCUT2D eigenvalue weighted by Crippen LogP contribution is -2.26. The van der Waals surface area contributed by atoms with E-state index >= 15 is 0 Å². The van der Waals surface area contributed by atoms with E-state index in [0.29, 0.717) is 18.2 Å². The van der Waals surface area contributed by atoms with Gasteiger partial charge in [-0.3, -0.25) is 0 Å². The summed E-state index contributed by atoms with van der Waals surface area (Å²) in [4.78, 5) is 11.7. The van der Waals surface area contributed by atoms with Crippen molar-refractivity contribution in [3.05, 3.63) is 28.2 Å². The molecule has 1 N–H and O–H groups in total. The van der Waals surface area contributed by atoms with E-state index in [1.54, 1.807) is 0 Å². The highest BCUT2D eigenvalue weighted by molar-refractivity contribution is 9.10. The van der Waals surface area contributed by atoms with Gasteiger partial charge < -0.3 is 10.1 Å². The lowest BCUT2D eigenvalue weighted by atomic mass is 9.87. The van der Waals surface area contributed by atoms with E-state index in [1.165, 1.54) is 25.7 Å². The highest BCUT2D eigenvalue weighted by Gasteiger charge is 2.19. The van der Waals surface area contributed by atoms with Crippen molar-refractivity contribution in [2.75, 3.05) is 11.9 Å². The van der Waals surface area contributed by atoms with Gasteiger partial charge in [-0.25, -0.2) is 4.79 Å². The fourth-order valence-electron chi connectivity index (χ4n) is 2.76. The second kappa shape index (κ2) is 7.11. The van der Waals surface area contributed by atoms with E-state index in [2.05, 4.69) is 28.2 Å². The summed E-state index contributed by atoms with van der Waals surface area (Å²) in [5, 5.41) is 3.58. The minimum absolute atomic E-state index is 0.272. The van der Waals surface area contributed by atoms with Gasteiger partial charge in [0.25, 0.3) is 0 Å². The second-order valence-electron chi connectivity index (χ2n) is 5.53. The van der Waals surface area contributed by atoms with Gasteiger partial charge >= 0.3 is 5.97 Å². The van der Waals surface area contributed by atoms with Gasteiger partial charge in [0.15, 0.2) is 0 Å². The molecule has 2 atom stereocenters. The average Bonchev–Trinajstić information content (AvgIpc) is 2.41. The van der Waals surface area contributed by atoms with Crippen LogP contribution >= 0.6 is 15.9 Å². The summed E-state index contributed by atoms with van der Waals surface area (Å²) in [5.74, 6) is 0.518. The smallest absolute Gasteiger partial charge is 0.338 e. The number of halogens is 1. The number of hydrogen-bond donors (Lipinski definition) is 1. The predicted molar refractivity (Wildman–Crippen MR) is 85.1 cm³/mol. The van der Waals surface area contributed by atoms with Crippen LogP contribution < -0.4 is 5.32 Å². The Bertz CT molecular complexity index is 476. The first kappa shape index (κ1) is 15.4. The summed E-state index contributed by atoms with van der Waals surface area (Å²) in [6.45, 7) is 4.52.